The Labute approximate surface area is 172 Å². The van der Waals surface area contributed by atoms with Crippen molar-refractivity contribution < 1.29 is 9.53 Å². The first kappa shape index (κ1) is 19.9. The molecule has 0 aliphatic carbocycles. The molecule has 1 atom stereocenters. The molecule has 2 aliphatic rings. The maximum absolute atomic E-state index is 12.8. The minimum atomic E-state index is -0.0302. The number of ether oxygens (including phenoxy) is 1. The van der Waals surface area contributed by atoms with Crippen LogP contribution in [-0.4, -0.2) is 61.7 Å². The van der Waals surface area contributed by atoms with Gasteiger partial charge in [-0.2, -0.15) is 0 Å². The van der Waals surface area contributed by atoms with E-state index in [0.29, 0.717) is 12.1 Å². The molecule has 0 spiro atoms. The maximum Gasteiger partial charge on any atom is 0.251 e. The van der Waals surface area contributed by atoms with Crippen molar-refractivity contribution in [2.75, 3.05) is 50.8 Å². The minimum Gasteiger partial charge on any atom is -0.379 e. The molecule has 6 nitrogen and oxygen atoms in total. The minimum absolute atomic E-state index is 0.0302. The van der Waals surface area contributed by atoms with E-state index in [1.54, 1.807) is 6.20 Å². The van der Waals surface area contributed by atoms with Crippen molar-refractivity contribution >= 4 is 11.6 Å². The Hall–Kier alpha value is -2.44. The van der Waals surface area contributed by atoms with Crippen LogP contribution in [0.4, 0.5) is 5.69 Å². The summed E-state index contributed by atoms with van der Waals surface area (Å²) >= 11 is 0. The van der Waals surface area contributed by atoms with E-state index in [1.807, 2.05) is 24.4 Å². The van der Waals surface area contributed by atoms with Gasteiger partial charge in [-0.3, -0.25) is 14.7 Å². The number of hydrogen-bond donors (Lipinski definition) is 1. The van der Waals surface area contributed by atoms with Crippen LogP contribution in [0.15, 0.2) is 48.8 Å². The Bertz CT molecular complexity index is 769. The van der Waals surface area contributed by atoms with Crippen LogP contribution in [-0.2, 0) is 4.74 Å². The van der Waals surface area contributed by atoms with Gasteiger partial charge in [0.25, 0.3) is 5.91 Å². The first-order chi connectivity index (χ1) is 14.3. The van der Waals surface area contributed by atoms with Crippen molar-refractivity contribution in [3.63, 3.8) is 0 Å². The predicted octanol–water partition coefficient (Wildman–Crippen LogP) is 2.88. The van der Waals surface area contributed by atoms with Crippen LogP contribution >= 0.6 is 0 Å². The average Bonchev–Trinajstić information content (AvgIpc) is 2.81. The van der Waals surface area contributed by atoms with Gasteiger partial charge >= 0.3 is 0 Å². The highest BCUT2D eigenvalue weighted by Gasteiger charge is 2.23. The second-order valence-electron chi connectivity index (χ2n) is 7.76. The molecule has 0 radical (unpaired) electrons. The molecule has 6 heteroatoms. The Balaban J connectivity index is 1.39. The van der Waals surface area contributed by atoms with E-state index >= 15 is 0 Å². The molecule has 1 amide bonds. The number of aromatic nitrogens is 1. The molecular formula is C23H30N4O2. The number of anilines is 1. The monoisotopic (exact) mass is 394 g/mol. The lowest BCUT2D eigenvalue weighted by Crippen LogP contribution is -2.43. The van der Waals surface area contributed by atoms with Gasteiger partial charge in [-0.15, -0.1) is 0 Å². The smallest absolute Gasteiger partial charge is 0.251 e. The number of carbonyl (C=O) groups excluding carboxylic acids is 1. The van der Waals surface area contributed by atoms with Crippen molar-refractivity contribution in [2.24, 2.45) is 0 Å². The molecule has 29 heavy (non-hydrogen) atoms. The van der Waals surface area contributed by atoms with Crippen molar-refractivity contribution in [3.05, 3.63) is 59.9 Å². The van der Waals surface area contributed by atoms with Gasteiger partial charge in [0.05, 0.1) is 19.3 Å². The third-order valence-corrected chi connectivity index (χ3v) is 5.86. The molecule has 2 aliphatic heterocycles. The van der Waals surface area contributed by atoms with Crippen LogP contribution in [0.5, 0.6) is 0 Å². The van der Waals surface area contributed by atoms with Gasteiger partial charge in [0.1, 0.15) is 0 Å². The fourth-order valence-electron chi connectivity index (χ4n) is 4.19. The third-order valence-electron chi connectivity index (χ3n) is 5.86. The first-order valence-electron chi connectivity index (χ1n) is 10.7. The summed E-state index contributed by atoms with van der Waals surface area (Å²) in [6.07, 6.45) is 7.49. The van der Waals surface area contributed by atoms with E-state index < -0.39 is 0 Å². The summed E-state index contributed by atoms with van der Waals surface area (Å²) in [5.41, 5.74) is 3.04. The zero-order chi connectivity index (χ0) is 19.9. The first-order valence-corrected chi connectivity index (χ1v) is 10.7. The van der Waals surface area contributed by atoms with Crippen LogP contribution in [0.2, 0.25) is 0 Å². The van der Waals surface area contributed by atoms with Gasteiger partial charge in [-0.25, -0.2) is 0 Å². The second kappa shape index (κ2) is 9.85. The molecule has 2 saturated heterocycles. The van der Waals surface area contributed by atoms with Gasteiger partial charge in [-0.1, -0.05) is 6.07 Å². The highest BCUT2D eigenvalue weighted by molar-refractivity contribution is 5.94. The fourth-order valence-corrected chi connectivity index (χ4v) is 4.19. The quantitative estimate of drug-likeness (QED) is 0.817. The SMILES string of the molecule is O=C(NC[C@H](c1cccnc1)N1CCOCC1)c1ccc(N2CCCCC2)cc1. The van der Waals surface area contributed by atoms with Crippen LogP contribution in [0.25, 0.3) is 0 Å². The Kier molecular flexibility index (Phi) is 6.75. The van der Waals surface area contributed by atoms with E-state index in [4.69, 9.17) is 4.74 Å². The van der Waals surface area contributed by atoms with E-state index in [0.717, 1.165) is 45.0 Å². The summed E-state index contributed by atoms with van der Waals surface area (Å²) in [4.78, 5) is 21.8. The van der Waals surface area contributed by atoms with E-state index in [2.05, 4.69) is 38.3 Å². The summed E-state index contributed by atoms with van der Waals surface area (Å²) in [6.45, 7) is 5.94. The van der Waals surface area contributed by atoms with Crippen LogP contribution < -0.4 is 10.2 Å². The van der Waals surface area contributed by atoms with Crippen LogP contribution in [0.3, 0.4) is 0 Å². The molecule has 0 unspecified atom stereocenters. The van der Waals surface area contributed by atoms with E-state index in [1.165, 1.54) is 24.9 Å². The molecule has 1 N–H and O–H groups in total. The highest BCUT2D eigenvalue weighted by Crippen LogP contribution is 2.22. The van der Waals surface area contributed by atoms with Gasteiger partial charge < -0.3 is 15.0 Å². The lowest BCUT2D eigenvalue weighted by atomic mass is 10.1. The zero-order valence-electron chi connectivity index (χ0n) is 16.9. The van der Waals surface area contributed by atoms with Gasteiger partial charge in [0.15, 0.2) is 0 Å². The topological polar surface area (TPSA) is 57.7 Å². The van der Waals surface area contributed by atoms with Gasteiger partial charge in [0, 0.05) is 56.4 Å². The molecule has 1 aromatic heterocycles. The number of amides is 1. The molecule has 3 heterocycles. The molecule has 1 aromatic carbocycles. The molecule has 2 fully saturated rings. The van der Waals surface area contributed by atoms with Crippen molar-refractivity contribution in [3.8, 4) is 0 Å². The van der Waals surface area contributed by atoms with Crippen LogP contribution in [0, 0.1) is 0 Å². The molecule has 154 valence electrons. The number of hydrogen-bond acceptors (Lipinski definition) is 5. The number of carbonyl (C=O) groups is 1. The summed E-state index contributed by atoms with van der Waals surface area (Å²) in [5, 5.41) is 3.13. The zero-order valence-corrected chi connectivity index (χ0v) is 16.9. The maximum atomic E-state index is 12.8. The van der Waals surface area contributed by atoms with Gasteiger partial charge in [-0.05, 0) is 55.2 Å². The van der Waals surface area contributed by atoms with Crippen molar-refractivity contribution in [1.82, 2.24) is 15.2 Å². The number of nitrogens with zero attached hydrogens (tertiary/aromatic N) is 3. The molecule has 0 bridgehead atoms. The fraction of sp³-hybridized carbons (Fsp3) is 0.478. The third kappa shape index (κ3) is 5.14. The number of nitrogens with one attached hydrogen (secondary N) is 1. The summed E-state index contributed by atoms with van der Waals surface area (Å²) in [6, 6.07) is 12.1. The van der Waals surface area contributed by atoms with Crippen LogP contribution in [0.1, 0.15) is 41.2 Å². The largest absolute Gasteiger partial charge is 0.379 e. The lowest BCUT2D eigenvalue weighted by Gasteiger charge is -2.34. The second-order valence-corrected chi connectivity index (χ2v) is 7.76. The average molecular weight is 395 g/mol. The number of pyridine rings is 1. The van der Waals surface area contributed by atoms with Gasteiger partial charge in [0.2, 0.25) is 0 Å². The molecule has 4 rings (SSSR count). The summed E-state index contributed by atoms with van der Waals surface area (Å²) in [5.74, 6) is -0.0302. The molecule has 2 aromatic rings. The summed E-state index contributed by atoms with van der Waals surface area (Å²) < 4.78 is 5.49. The molecule has 0 saturated carbocycles. The Morgan fingerprint density at radius 2 is 1.79 bits per heavy atom. The number of benzene rings is 1. The number of rotatable bonds is 6. The highest BCUT2D eigenvalue weighted by atomic mass is 16.5. The Morgan fingerprint density at radius 3 is 2.48 bits per heavy atom. The lowest BCUT2D eigenvalue weighted by molar-refractivity contribution is 0.0161. The van der Waals surface area contributed by atoms with E-state index in [9.17, 15) is 4.79 Å². The van der Waals surface area contributed by atoms with Crippen molar-refractivity contribution in [1.29, 1.82) is 0 Å². The van der Waals surface area contributed by atoms with E-state index in [-0.39, 0.29) is 11.9 Å². The standard InChI is InChI=1S/C23H30N4O2/c28-23(19-6-8-21(9-7-19)26-11-2-1-3-12-26)25-18-22(20-5-4-10-24-17-20)27-13-15-29-16-14-27/h4-10,17,22H,1-3,11-16,18H2,(H,25,28)/t22-/m1/s1. The number of morpholine rings is 1. The normalized spacial score (nSPS) is 19.0. The summed E-state index contributed by atoms with van der Waals surface area (Å²) in [7, 11) is 0. The molecular weight excluding hydrogens is 364 g/mol. The number of piperidine rings is 1. The van der Waals surface area contributed by atoms with Crippen molar-refractivity contribution in [2.45, 2.75) is 25.3 Å². The predicted molar refractivity (Wildman–Crippen MR) is 114 cm³/mol. The Morgan fingerprint density at radius 1 is 1.03 bits per heavy atom.